The number of anilines is 2. The summed E-state index contributed by atoms with van der Waals surface area (Å²) in [5, 5.41) is 2.56. The van der Waals surface area contributed by atoms with Gasteiger partial charge in [-0.1, -0.05) is 13.3 Å². The number of benzene rings is 1. The minimum Gasteiger partial charge on any atom is -0.327 e. The molecule has 1 aromatic rings. The molecular weight excluding hydrogens is 297 g/mol. The lowest BCUT2D eigenvalue weighted by Gasteiger charge is -2.12. The van der Waals surface area contributed by atoms with Crippen molar-refractivity contribution in [2.75, 3.05) is 16.3 Å². The molecule has 0 fully saturated rings. The Balaban J connectivity index is 2.76. The molecule has 1 aromatic carbocycles. The minimum atomic E-state index is -3.59. The van der Waals surface area contributed by atoms with Crippen LogP contribution in [0.25, 0.3) is 0 Å². The third-order valence-electron chi connectivity index (χ3n) is 2.65. The van der Waals surface area contributed by atoms with Gasteiger partial charge in [-0.3, -0.25) is 9.52 Å². The fourth-order valence-electron chi connectivity index (χ4n) is 1.80. The van der Waals surface area contributed by atoms with Crippen molar-refractivity contribution in [1.82, 2.24) is 0 Å². The van der Waals surface area contributed by atoms with Crippen molar-refractivity contribution in [1.29, 1.82) is 0 Å². The molecule has 8 heteroatoms. The first-order valence-electron chi connectivity index (χ1n) is 6.54. The monoisotopic (exact) mass is 317 g/mol. The number of halogens is 1. The highest BCUT2D eigenvalue weighted by Crippen LogP contribution is 2.20. The van der Waals surface area contributed by atoms with Crippen molar-refractivity contribution in [2.24, 2.45) is 5.73 Å². The maximum Gasteiger partial charge on any atom is 0.229 e. The van der Waals surface area contributed by atoms with Gasteiger partial charge in [-0.2, -0.15) is 0 Å². The molecule has 118 valence electrons. The summed E-state index contributed by atoms with van der Waals surface area (Å²) < 4.78 is 37.8. The molecule has 4 N–H and O–H groups in total. The summed E-state index contributed by atoms with van der Waals surface area (Å²) in [7, 11) is -3.59. The summed E-state index contributed by atoms with van der Waals surface area (Å²) in [5.41, 5.74) is 5.85. The molecule has 6 nitrogen and oxygen atoms in total. The van der Waals surface area contributed by atoms with Crippen molar-refractivity contribution < 1.29 is 17.6 Å². The predicted molar refractivity (Wildman–Crippen MR) is 81.0 cm³/mol. The van der Waals surface area contributed by atoms with Gasteiger partial charge in [0, 0.05) is 18.2 Å². The van der Waals surface area contributed by atoms with E-state index in [9.17, 15) is 17.6 Å². The van der Waals surface area contributed by atoms with Gasteiger partial charge >= 0.3 is 0 Å². The van der Waals surface area contributed by atoms with Crippen LogP contribution in [0.3, 0.4) is 0 Å². The Labute approximate surface area is 124 Å². The fraction of sp³-hybridized carbons (Fsp3) is 0.462. The summed E-state index contributed by atoms with van der Waals surface area (Å²) in [6, 6.07) is 3.42. The van der Waals surface area contributed by atoms with E-state index in [1.54, 1.807) is 0 Å². The maximum absolute atomic E-state index is 13.5. The molecule has 1 atom stereocenters. The highest BCUT2D eigenvalue weighted by Gasteiger charge is 2.12. The third-order valence-corrected chi connectivity index (χ3v) is 3.24. The second-order valence-corrected chi connectivity index (χ2v) is 6.62. The predicted octanol–water partition coefficient (Wildman–Crippen LogP) is 1.65. The molecule has 0 saturated carbocycles. The Bertz CT molecular complexity index is 605. The molecule has 0 spiro atoms. The van der Waals surface area contributed by atoms with Crippen LogP contribution in [-0.4, -0.2) is 26.6 Å². The lowest BCUT2D eigenvalue weighted by molar-refractivity contribution is -0.116. The molecule has 0 aliphatic heterocycles. The molecule has 0 aliphatic rings. The molecule has 1 rings (SSSR count). The zero-order valence-electron chi connectivity index (χ0n) is 12.0. The molecular formula is C13H20FN3O3S. The van der Waals surface area contributed by atoms with E-state index in [4.69, 9.17) is 5.73 Å². The van der Waals surface area contributed by atoms with Gasteiger partial charge in [0.05, 0.1) is 11.9 Å². The molecule has 1 unspecified atom stereocenters. The zero-order valence-corrected chi connectivity index (χ0v) is 12.8. The van der Waals surface area contributed by atoms with Gasteiger partial charge in [0.1, 0.15) is 5.82 Å². The van der Waals surface area contributed by atoms with Crippen molar-refractivity contribution in [3.05, 3.63) is 24.0 Å². The maximum atomic E-state index is 13.5. The van der Waals surface area contributed by atoms with E-state index in [-0.39, 0.29) is 24.1 Å². The van der Waals surface area contributed by atoms with Crippen LogP contribution < -0.4 is 15.8 Å². The van der Waals surface area contributed by atoms with Crippen molar-refractivity contribution in [2.45, 2.75) is 32.2 Å². The number of nitrogens with one attached hydrogen (secondary N) is 2. The molecule has 1 amide bonds. The van der Waals surface area contributed by atoms with Crippen LogP contribution in [0.5, 0.6) is 0 Å². The Kier molecular flexibility index (Phi) is 6.10. The van der Waals surface area contributed by atoms with E-state index in [0.717, 1.165) is 25.2 Å². The first-order valence-corrected chi connectivity index (χ1v) is 8.43. The largest absolute Gasteiger partial charge is 0.327 e. The SMILES string of the molecule is CCCC(N)CC(=O)Nc1ccc(F)c(NS(C)(=O)=O)c1. The van der Waals surface area contributed by atoms with Crippen molar-refractivity contribution in [3.8, 4) is 0 Å². The Morgan fingerprint density at radius 1 is 1.43 bits per heavy atom. The van der Waals surface area contributed by atoms with Crippen LogP contribution in [0.1, 0.15) is 26.2 Å². The number of hydrogen-bond donors (Lipinski definition) is 3. The first kappa shape index (κ1) is 17.4. The number of nitrogens with two attached hydrogens (primary N) is 1. The topological polar surface area (TPSA) is 101 Å². The zero-order chi connectivity index (χ0) is 16.0. The molecule has 0 heterocycles. The van der Waals surface area contributed by atoms with E-state index >= 15 is 0 Å². The normalized spacial score (nSPS) is 12.8. The van der Waals surface area contributed by atoms with Crippen LogP contribution in [0, 0.1) is 5.82 Å². The third kappa shape index (κ3) is 6.54. The number of sulfonamides is 1. The van der Waals surface area contributed by atoms with Gasteiger partial charge in [0.15, 0.2) is 0 Å². The molecule has 0 bridgehead atoms. The molecule has 0 aromatic heterocycles. The average Bonchev–Trinajstić information content (AvgIpc) is 2.31. The Morgan fingerprint density at radius 2 is 2.10 bits per heavy atom. The van der Waals surface area contributed by atoms with Gasteiger partial charge < -0.3 is 11.1 Å². The smallest absolute Gasteiger partial charge is 0.229 e. The van der Waals surface area contributed by atoms with Gasteiger partial charge in [0.2, 0.25) is 15.9 Å². The second kappa shape index (κ2) is 7.37. The lowest BCUT2D eigenvalue weighted by Crippen LogP contribution is -2.26. The number of carbonyl (C=O) groups is 1. The summed E-state index contributed by atoms with van der Waals surface area (Å²) in [4.78, 5) is 11.8. The molecule has 0 radical (unpaired) electrons. The Morgan fingerprint density at radius 3 is 2.67 bits per heavy atom. The lowest BCUT2D eigenvalue weighted by atomic mass is 10.1. The second-order valence-electron chi connectivity index (χ2n) is 4.87. The van der Waals surface area contributed by atoms with Crippen molar-refractivity contribution in [3.63, 3.8) is 0 Å². The summed E-state index contributed by atoms with van der Waals surface area (Å²) in [5.74, 6) is -1.02. The van der Waals surface area contributed by atoms with E-state index in [0.29, 0.717) is 5.69 Å². The molecule has 0 saturated heterocycles. The minimum absolute atomic E-state index is 0.153. The molecule has 21 heavy (non-hydrogen) atoms. The molecule has 0 aliphatic carbocycles. The van der Waals surface area contributed by atoms with Crippen LogP contribution in [0.4, 0.5) is 15.8 Å². The summed E-state index contributed by atoms with van der Waals surface area (Å²) in [6.07, 6.45) is 2.69. The summed E-state index contributed by atoms with van der Waals surface area (Å²) in [6.45, 7) is 1.97. The number of amides is 1. The Hall–Kier alpha value is -1.67. The number of carbonyl (C=O) groups excluding carboxylic acids is 1. The van der Waals surface area contributed by atoms with Crippen LogP contribution >= 0.6 is 0 Å². The van der Waals surface area contributed by atoms with E-state index in [1.165, 1.54) is 12.1 Å². The van der Waals surface area contributed by atoms with E-state index in [1.807, 2.05) is 11.6 Å². The van der Waals surface area contributed by atoms with E-state index in [2.05, 4.69) is 5.32 Å². The highest BCUT2D eigenvalue weighted by atomic mass is 32.2. The van der Waals surface area contributed by atoms with Gasteiger partial charge in [-0.25, -0.2) is 12.8 Å². The average molecular weight is 317 g/mol. The van der Waals surface area contributed by atoms with Crippen LogP contribution in [0.15, 0.2) is 18.2 Å². The van der Waals surface area contributed by atoms with Crippen LogP contribution in [-0.2, 0) is 14.8 Å². The van der Waals surface area contributed by atoms with E-state index < -0.39 is 15.8 Å². The highest BCUT2D eigenvalue weighted by molar-refractivity contribution is 7.92. The van der Waals surface area contributed by atoms with Gasteiger partial charge in [-0.15, -0.1) is 0 Å². The quantitative estimate of drug-likeness (QED) is 0.711. The standard InChI is InChI=1S/C13H20FN3O3S/c1-3-4-9(15)7-13(18)16-10-5-6-11(14)12(8-10)17-21(2,19)20/h5-6,8-9,17H,3-4,7,15H2,1-2H3,(H,16,18). The number of hydrogen-bond acceptors (Lipinski definition) is 4. The summed E-state index contributed by atoms with van der Waals surface area (Å²) >= 11 is 0. The first-order chi connectivity index (χ1) is 9.71. The van der Waals surface area contributed by atoms with Crippen LogP contribution in [0.2, 0.25) is 0 Å². The van der Waals surface area contributed by atoms with Gasteiger partial charge in [-0.05, 0) is 24.6 Å². The van der Waals surface area contributed by atoms with Gasteiger partial charge in [0.25, 0.3) is 0 Å². The van der Waals surface area contributed by atoms with Crippen molar-refractivity contribution >= 4 is 27.3 Å². The fourth-order valence-corrected chi connectivity index (χ4v) is 2.36. The number of rotatable bonds is 7.